The minimum atomic E-state index is -0.835. The molecule has 0 amide bonds. The van der Waals surface area contributed by atoms with Gasteiger partial charge in [0.15, 0.2) is 0 Å². The molecule has 19 heavy (non-hydrogen) atoms. The second-order valence-corrected chi connectivity index (χ2v) is 6.71. The van der Waals surface area contributed by atoms with Gasteiger partial charge < -0.3 is 5.32 Å². The molecule has 1 aromatic carbocycles. The average molecular weight is 281 g/mol. The Morgan fingerprint density at radius 2 is 2.00 bits per heavy atom. The molecule has 0 bridgehead atoms. The van der Waals surface area contributed by atoms with Gasteiger partial charge in [0.2, 0.25) is 0 Å². The Morgan fingerprint density at radius 3 is 2.68 bits per heavy atom. The summed E-state index contributed by atoms with van der Waals surface area (Å²) in [6.45, 7) is 7.54. The monoisotopic (exact) mass is 281 g/mol. The van der Waals surface area contributed by atoms with Gasteiger partial charge in [-0.2, -0.15) is 0 Å². The van der Waals surface area contributed by atoms with E-state index in [1.54, 1.807) is 0 Å². The van der Waals surface area contributed by atoms with Gasteiger partial charge in [0, 0.05) is 16.7 Å². The van der Waals surface area contributed by atoms with Gasteiger partial charge in [-0.1, -0.05) is 31.5 Å². The van der Waals surface area contributed by atoms with Crippen LogP contribution in [0.2, 0.25) is 0 Å². The van der Waals surface area contributed by atoms with E-state index in [2.05, 4.69) is 19.2 Å². The summed E-state index contributed by atoms with van der Waals surface area (Å²) in [5.41, 5.74) is 1.14. The Kier molecular flexibility index (Phi) is 7.99. The molecule has 2 unspecified atom stereocenters. The molecule has 0 saturated carbocycles. The number of unbranched alkanes of at least 4 members (excludes halogenated alkanes) is 1. The van der Waals surface area contributed by atoms with Crippen molar-refractivity contribution in [1.82, 2.24) is 5.32 Å². The van der Waals surface area contributed by atoms with Crippen LogP contribution in [0.15, 0.2) is 29.2 Å². The Labute approximate surface area is 120 Å². The van der Waals surface area contributed by atoms with Crippen LogP contribution in [0.5, 0.6) is 0 Å². The average Bonchev–Trinajstić information content (AvgIpc) is 2.41. The van der Waals surface area contributed by atoms with Crippen molar-refractivity contribution in [1.29, 1.82) is 0 Å². The molecule has 0 aliphatic rings. The van der Waals surface area contributed by atoms with E-state index in [9.17, 15) is 4.21 Å². The molecular formula is C16H27NOS. The van der Waals surface area contributed by atoms with Crippen molar-refractivity contribution >= 4 is 10.8 Å². The number of benzene rings is 1. The summed E-state index contributed by atoms with van der Waals surface area (Å²) in [5, 5.41) is 3.49. The first-order valence-electron chi connectivity index (χ1n) is 7.32. The van der Waals surface area contributed by atoms with E-state index in [-0.39, 0.29) is 0 Å². The molecule has 0 aliphatic carbocycles. The molecule has 2 atom stereocenters. The fourth-order valence-corrected chi connectivity index (χ4v) is 3.44. The maximum atomic E-state index is 12.2. The fraction of sp³-hybridized carbons (Fsp3) is 0.625. The van der Waals surface area contributed by atoms with E-state index < -0.39 is 10.8 Å². The van der Waals surface area contributed by atoms with Crippen LogP contribution in [0.1, 0.15) is 45.1 Å². The molecule has 3 heteroatoms. The highest BCUT2D eigenvalue weighted by Gasteiger charge is 2.07. The molecule has 0 aromatic heterocycles. The summed E-state index contributed by atoms with van der Waals surface area (Å²) in [5.74, 6) is 0.783. The molecule has 0 spiro atoms. The lowest BCUT2D eigenvalue weighted by Crippen LogP contribution is -2.26. The van der Waals surface area contributed by atoms with Crippen LogP contribution in [-0.2, 0) is 10.8 Å². The largest absolute Gasteiger partial charge is 0.314 e. The molecule has 108 valence electrons. The summed E-state index contributed by atoms with van der Waals surface area (Å²) in [6.07, 6.45) is 4.54. The van der Waals surface area contributed by atoms with Gasteiger partial charge in [-0.3, -0.25) is 4.21 Å². The SMILES string of the molecule is CCCNC(C)CCCCS(=O)c1ccccc1C. The molecular weight excluding hydrogens is 254 g/mol. The number of aryl methyl sites for hydroxylation is 1. The van der Waals surface area contributed by atoms with Gasteiger partial charge in [-0.25, -0.2) is 0 Å². The van der Waals surface area contributed by atoms with E-state index in [0.29, 0.717) is 6.04 Å². The first-order chi connectivity index (χ1) is 9.15. The van der Waals surface area contributed by atoms with Crippen LogP contribution in [0.4, 0.5) is 0 Å². The maximum Gasteiger partial charge on any atom is 0.0532 e. The predicted molar refractivity (Wildman–Crippen MR) is 84.1 cm³/mol. The summed E-state index contributed by atoms with van der Waals surface area (Å²) in [7, 11) is -0.835. The van der Waals surface area contributed by atoms with Crippen molar-refractivity contribution in [2.75, 3.05) is 12.3 Å². The first kappa shape index (κ1) is 16.4. The van der Waals surface area contributed by atoms with Crippen molar-refractivity contribution < 1.29 is 4.21 Å². The number of rotatable bonds is 9. The summed E-state index contributed by atoms with van der Waals surface area (Å²) >= 11 is 0. The number of nitrogens with one attached hydrogen (secondary N) is 1. The van der Waals surface area contributed by atoms with Crippen LogP contribution in [0, 0.1) is 6.92 Å². The standard InChI is InChI=1S/C16H27NOS/c1-4-12-17-15(3)10-7-8-13-19(18)16-11-6-5-9-14(16)2/h5-6,9,11,15,17H,4,7-8,10,12-13H2,1-3H3. The zero-order valence-corrected chi connectivity index (χ0v) is 13.3. The third-order valence-corrected chi connectivity index (χ3v) is 4.91. The quantitative estimate of drug-likeness (QED) is 0.700. The molecule has 1 aromatic rings. The topological polar surface area (TPSA) is 29.1 Å². The lowest BCUT2D eigenvalue weighted by atomic mass is 10.1. The van der Waals surface area contributed by atoms with Crippen molar-refractivity contribution in [3.63, 3.8) is 0 Å². The minimum absolute atomic E-state index is 0.576. The van der Waals surface area contributed by atoms with E-state index in [1.165, 1.54) is 12.8 Å². The first-order valence-corrected chi connectivity index (χ1v) is 8.64. The van der Waals surface area contributed by atoms with Gasteiger partial charge in [0.25, 0.3) is 0 Å². The molecule has 0 aliphatic heterocycles. The maximum absolute atomic E-state index is 12.2. The molecule has 2 nitrogen and oxygen atoms in total. The van der Waals surface area contributed by atoms with Gasteiger partial charge in [0.05, 0.1) is 10.8 Å². The summed E-state index contributed by atoms with van der Waals surface area (Å²) < 4.78 is 12.2. The molecule has 0 radical (unpaired) electrons. The van der Waals surface area contributed by atoms with Crippen molar-refractivity contribution in [3.8, 4) is 0 Å². The molecule has 0 fully saturated rings. The van der Waals surface area contributed by atoms with Crippen LogP contribution in [-0.4, -0.2) is 22.5 Å². The van der Waals surface area contributed by atoms with Gasteiger partial charge in [-0.05, 0) is 51.3 Å². The Balaban J connectivity index is 2.23. The van der Waals surface area contributed by atoms with E-state index in [4.69, 9.17) is 0 Å². The second-order valence-electron chi connectivity index (χ2n) is 5.17. The van der Waals surface area contributed by atoms with Crippen LogP contribution >= 0.6 is 0 Å². The minimum Gasteiger partial charge on any atom is -0.314 e. The van der Waals surface area contributed by atoms with Gasteiger partial charge >= 0.3 is 0 Å². The van der Waals surface area contributed by atoms with Crippen LogP contribution < -0.4 is 5.32 Å². The fourth-order valence-electron chi connectivity index (χ4n) is 2.10. The van der Waals surface area contributed by atoms with E-state index in [0.717, 1.165) is 35.6 Å². The van der Waals surface area contributed by atoms with Crippen LogP contribution in [0.25, 0.3) is 0 Å². The summed E-state index contributed by atoms with van der Waals surface area (Å²) in [6, 6.07) is 8.56. The zero-order chi connectivity index (χ0) is 14.1. The molecule has 0 saturated heterocycles. The Hall–Kier alpha value is -0.670. The summed E-state index contributed by atoms with van der Waals surface area (Å²) in [4.78, 5) is 1.000. The highest BCUT2D eigenvalue weighted by molar-refractivity contribution is 7.85. The highest BCUT2D eigenvalue weighted by Crippen LogP contribution is 2.14. The normalized spacial score (nSPS) is 14.3. The lowest BCUT2D eigenvalue weighted by Gasteiger charge is -2.12. The van der Waals surface area contributed by atoms with Gasteiger partial charge in [-0.15, -0.1) is 0 Å². The van der Waals surface area contributed by atoms with Crippen molar-refractivity contribution in [2.45, 2.75) is 57.4 Å². The second kappa shape index (κ2) is 9.27. The number of hydrogen-bond acceptors (Lipinski definition) is 2. The third-order valence-electron chi connectivity index (χ3n) is 3.30. The highest BCUT2D eigenvalue weighted by atomic mass is 32.2. The molecule has 1 N–H and O–H groups in total. The van der Waals surface area contributed by atoms with Crippen molar-refractivity contribution in [3.05, 3.63) is 29.8 Å². The molecule has 1 rings (SSSR count). The van der Waals surface area contributed by atoms with E-state index in [1.807, 2.05) is 31.2 Å². The Bertz CT molecular complexity index is 392. The lowest BCUT2D eigenvalue weighted by molar-refractivity contribution is 0.495. The van der Waals surface area contributed by atoms with Crippen LogP contribution in [0.3, 0.4) is 0 Å². The molecule has 0 heterocycles. The van der Waals surface area contributed by atoms with Gasteiger partial charge in [0.1, 0.15) is 0 Å². The smallest absolute Gasteiger partial charge is 0.0532 e. The Morgan fingerprint density at radius 1 is 1.26 bits per heavy atom. The number of hydrogen-bond donors (Lipinski definition) is 1. The zero-order valence-electron chi connectivity index (χ0n) is 12.4. The predicted octanol–water partition coefficient (Wildman–Crippen LogP) is 3.66. The van der Waals surface area contributed by atoms with Crippen molar-refractivity contribution in [2.24, 2.45) is 0 Å². The third kappa shape index (κ3) is 6.35. The van der Waals surface area contributed by atoms with E-state index >= 15 is 0 Å².